The van der Waals surface area contributed by atoms with Crippen LogP contribution in [0.3, 0.4) is 0 Å². The van der Waals surface area contributed by atoms with Crippen LogP contribution in [0.5, 0.6) is 0 Å². The Balaban J connectivity index is 1.85. The Bertz CT molecular complexity index is 711. The third-order valence-electron chi connectivity index (χ3n) is 4.78. The molecule has 2 aromatic rings. The van der Waals surface area contributed by atoms with Crippen molar-refractivity contribution in [3.8, 4) is 0 Å². The lowest BCUT2D eigenvalue weighted by atomic mass is 9.94. The predicted molar refractivity (Wildman–Crippen MR) is 95.4 cm³/mol. The summed E-state index contributed by atoms with van der Waals surface area (Å²) in [6.07, 6.45) is 1.13. The topological polar surface area (TPSA) is 15.6 Å². The summed E-state index contributed by atoms with van der Waals surface area (Å²) >= 11 is 0. The Morgan fingerprint density at radius 1 is 1.05 bits per heavy atom. The second kappa shape index (κ2) is 5.42. The Labute approximate surface area is 133 Å². The van der Waals surface area contributed by atoms with Crippen LogP contribution in [0.25, 0.3) is 10.8 Å². The van der Waals surface area contributed by atoms with Crippen molar-refractivity contribution in [1.29, 1.82) is 0 Å². The number of rotatable bonds is 4. The van der Waals surface area contributed by atoms with Gasteiger partial charge in [0.1, 0.15) is 11.4 Å². The first kappa shape index (κ1) is 15.1. The molecule has 1 heterocycles. The third-order valence-corrected chi connectivity index (χ3v) is 4.78. The summed E-state index contributed by atoms with van der Waals surface area (Å²) < 4.78 is 0. The van der Waals surface area contributed by atoms with E-state index in [9.17, 15) is 0 Å². The van der Waals surface area contributed by atoms with Gasteiger partial charge in [0.15, 0.2) is 0 Å². The standard InChI is InChI=1S/C20H26N2/c1-14(2)13-20(4)19(21-20)22(5)15(3)17-12-8-10-16-9-6-7-11-18(16)17/h6-12,14-15H,13H2,1-5H3. The Hall–Kier alpha value is -1.83. The summed E-state index contributed by atoms with van der Waals surface area (Å²) in [6, 6.07) is 15.5. The largest absolute Gasteiger partial charge is 0.355 e. The molecule has 0 fully saturated rings. The molecule has 0 spiro atoms. The fourth-order valence-electron chi connectivity index (χ4n) is 3.60. The third kappa shape index (κ3) is 2.63. The zero-order chi connectivity index (χ0) is 15.9. The Morgan fingerprint density at radius 3 is 2.45 bits per heavy atom. The van der Waals surface area contributed by atoms with Gasteiger partial charge in [-0.2, -0.15) is 0 Å². The van der Waals surface area contributed by atoms with Gasteiger partial charge in [0.25, 0.3) is 0 Å². The minimum atomic E-state index is 0.0573. The van der Waals surface area contributed by atoms with Crippen LogP contribution >= 0.6 is 0 Å². The number of nitrogens with zero attached hydrogens (tertiary/aromatic N) is 2. The molecule has 1 aliphatic heterocycles. The summed E-state index contributed by atoms with van der Waals surface area (Å²) in [5.74, 6) is 1.93. The van der Waals surface area contributed by atoms with Gasteiger partial charge in [-0.3, -0.25) is 4.99 Å². The van der Waals surface area contributed by atoms with Gasteiger partial charge in [0, 0.05) is 7.05 Å². The van der Waals surface area contributed by atoms with Gasteiger partial charge in [0.2, 0.25) is 0 Å². The van der Waals surface area contributed by atoms with E-state index in [1.807, 2.05) is 0 Å². The van der Waals surface area contributed by atoms with Crippen molar-refractivity contribution >= 4 is 16.6 Å². The lowest BCUT2D eigenvalue weighted by Crippen LogP contribution is -2.32. The lowest BCUT2D eigenvalue weighted by Gasteiger charge is -2.27. The maximum absolute atomic E-state index is 4.80. The zero-order valence-corrected chi connectivity index (χ0v) is 14.3. The molecule has 0 saturated carbocycles. The van der Waals surface area contributed by atoms with Gasteiger partial charge in [-0.15, -0.1) is 0 Å². The monoisotopic (exact) mass is 294 g/mol. The maximum atomic E-state index is 4.80. The van der Waals surface area contributed by atoms with E-state index in [0.29, 0.717) is 12.0 Å². The fourth-order valence-corrected chi connectivity index (χ4v) is 3.60. The summed E-state index contributed by atoms with van der Waals surface area (Å²) in [5, 5.41) is 2.65. The van der Waals surface area contributed by atoms with Crippen LogP contribution in [0.2, 0.25) is 0 Å². The normalized spacial score (nSPS) is 21.8. The number of aliphatic imine (C=N–C) groups is 1. The van der Waals surface area contributed by atoms with Crippen molar-refractivity contribution in [3.05, 3.63) is 48.0 Å². The highest BCUT2D eigenvalue weighted by Crippen LogP contribution is 2.39. The number of benzene rings is 2. The van der Waals surface area contributed by atoms with E-state index in [4.69, 9.17) is 4.99 Å². The highest BCUT2D eigenvalue weighted by atomic mass is 15.3. The van der Waals surface area contributed by atoms with E-state index in [0.717, 1.165) is 6.42 Å². The number of amidine groups is 1. The van der Waals surface area contributed by atoms with Gasteiger partial charge >= 0.3 is 0 Å². The second-order valence-corrected chi connectivity index (χ2v) is 7.16. The minimum Gasteiger partial charge on any atom is -0.355 e. The van der Waals surface area contributed by atoms with Crippen molar-refractivity contribution < 1.29 is 0 Å². The number of hydrogen-bond donors (Lipinski definition) is 0. The molecule has 0 saturated heterocycles. The average molecular weight is 294 g/mol. The highest BCUT2D eigenvalue weighted by Gasteiger charge is 2.46. The molecule has 2 unspecified atom stereocenters. The SMILES string of the molecule is CC(C)CC1(C)N=C1N(C)C(C)c1cccc2ccccc12. The quantitative estimate of drug-likeness (QED) is 0.770. The minimum absolute atomic E-state index is 0.0573. The van der Waals surface area contributed by atoms with Crippen molar-refractivity contribution in [3.63, 3.8) is 0 Å². The van der Waals surface area contributed by atoms with Crippen LogP contribution < -0.4 is 0 Å². The van der Waals surface area contributed by atoms with E-state index in [1.165, 1.54) is 22.2 Å². The van der Waals surface area contributed by atoms with Gasteiger partial charge < -0.3 is 4.90 Å². The Kier molecular flexibility index (Phi) is 3.72. The molecule has 0 bridgehead atoms. The van der Waals surface area contributed by atoms with E-state index in [1.54, 1.807) is 0 Å². The molecule has 0 aliphatic carbocycles. The first-order valence-corrected chi connectivity index (χ1v) is 8.23. The first-order valence-electron chi connectivity index (χ1n) is 8.23. The molecule has 0 radical (unpaired) electrons. The van der Waals surface area contributed by atoms with Gasteiger partial charge in [-0.05, 0) is 42.5 Å². The molecular formula is C20H26N2. The number of likely N-dealkylation sites (N-methyl/N-ethyl adjacent to an activating group) is 1. The Morgan fingerprint density at radius 2 is 1.73 bits per heavy atom. The second-order valence-electron chi connectivity index (χ2n) is 7.16. The van der Waals surface area contributed by atoms with E-state index >= 15 is 0 Å². The molecule has 0 aromatic heterocycles. The molecule has 2 atom stereocenters. The fraction of sp³-hybridized carbons (Fsp3) is 0.450. The molecule has 1 aliphatic rings. The van der Waals surface area contributed by atoms with Gasteiger partial charge in [-0.1, -0.05) is 56.3 Å². The van der Waals surface area contributed by atoms with Crippen LogP contribution in [0, 0.1) is 5.92 Å². The van der Waals surface area contributed by atoms with Crippen molar-refractivity contribution in [1.82, 2.24) is 4.90 Å². The average Bonchev–Trinajstić information content (AvgIpc) is 3.15. The molecule has 3 rings (SSSR count). The van der Waals surface area contributed by atoms with E-state index < -0.39 is 0 Å². The first-order chi connectivity index (χ1) is 10.4. The maximum Gasteiger partial charge on any atom is 0.128 e. The van der Waals surface area contributed by atoms with Crippen molar-refractivity contribution in [2.75, 3.05) is 7.05 Å². The lowest BCUT2D eigenvalue weighted by molar-refractivity contribution is 0.393. The van der Waals surface area contributed by atoms with Crippen LogP contribution in [0.15, 0.2) is 47.5 Å². The van der Waals surface area contributed by atoms with Crippen LogP contribution in [-0.4, -0.2) is 23.3 Å². The smallest absolute Gasteiger partial charge is 0.128 e. The molecule has 2 nitrogen and oxygen atoms in total. The molecular weight excluding hydrogens is 268 g/mol. The molecule has 22 heavy (non-hydrogen) atoms. The van der Waals surface area contributed by atoms with E-state index in [2.05, 4.69) is 82.1 Å². The van der Waals surface area contributed by atoms with Crippen molar-refractivity contribution in [2.45, 2.75) is 45.7 Å². The summed E-state index contributed by atoms with van der Waals surface area (Å²) in [7, 11) is 2.18. The zero-order valence-electron chi connectivity index (χ0n) is 14.3. The molecule has 0 amide bonds. The molecule has 2 aromatic carbocycles. The van der Waals surface area contributed by atoms with E-state index in [-0.39, 0.29) is 5.54 Å². The summed E-state index contributed by atoms with van der Waals surface area (Å²) in [4.78, 5) is 7.15. The van der Waals surface area contributed by atoms with Crippen LogP contribution in [-0.2, 0) is 0 Å². The summed E-state index contributed by atoms with van der Waals surface area (Å²) in [5.41, 5.74) is 1.43. The number of hydrogen-bond acceptors (Lipinski definition) is 2. The molecule has 116 valence electrons. The molecule has 2 heteroatoms. The van der Waals surface area contributed by atoms with Crippen LogP contribution in [0.4, 0.5) is 0 Å². The predicted octanol–water partition coefficient (Wildman–Crippen LogP) is 5.05. The molecule has 0 N–H and O–H groups in total. The van der Waals surface area contributed by atoms with Crippen LogP contribution in [0.1, 0.15) is 45.7 Å². The van der Waals surface area contributed by atoms with Gasteiger partial charge in [0.05, 0.1) is 6.04 Å². The van der Waals surface area contributed by atoms with Gasteiger partial charge in [-0.25, -0.2) is 0 Å². The number of fused-ring (bicyclic) bond motifs is 1. The summed E-state index contributed by atoms with van der Waals surface area (Å²) in [6.45, 7) is 9.07. The van der Waals surface area contributed by atoms with Crippen molar-refractivity contribution in [2.24, 2.45) is 10.9 Å². The highest BCUT2D eigenvalue weighted by molar-refractivity contribution is 6.03.